The second-order valence-corrected chi connectivity index (χ2v) is 6.74. The first kappa shape index (κ1) is 19.6. The monoisotopic (exact) mass is 381 g/mol. The molecule has 146 valence electrons. The molecule has 0 saturated heterocycles. The summed E-state index contributed by atoms with van der Waals surface area (Å²) in [6, 6.07) is 11.6. The summed E-state index contributed by atoms with van der Waals surface area (Å²) in [5.41, 5.74) is 2.26. The highest BCUT2D eigenvalue weighted by atomic mass is 16.5. The molecule has 6 heteroatoms. The Balaban J connectivity index is 1.56. The zero-order valence-corrected chi connectivity index (χ0v) is 16.0. The van der Waals surface area contributed by atoms with Crippen molar-refractivity contribution < 1.29 is 23.9 Å². The number of esters is 1. The third kappa shape index (κ3) is 4.39. The first-order valence-electron chi connectivity index (χ1n) is 9.37. The maximum absolute atomic E-state index is 12.4. The molecule has 0 fully saturated rings. The van der Waals surface area contributed by atoms with Crippen molar-refractivity contribution in [2.45, 2.75) is 32.6 Å². The van der Waals surface area contributed by atoms with Gasteiger partial charge < -0.3 is 14.8 Å². The zero-order chi connectivity index (χ0) is 20.1. The molecule has 28 heavy (non-hydrogen) atoms. The van der Waals surface area contributed by atoms with E-state index in [2.05, 4.69) is 12.2 Å². The van der Waals surface area contributed by atoms with Crippen LogP contribution in [0.25, 0.3) is 0 Å². The highest BCUT2D eigenvalue weighted by molar-refractivity contribution is 6.05. The van der Waals surface area contributed by atoms with Crippen LogP contribution in [0.15, 0.2) is 42.5 Å². The Morgan fingerprint density at radius 3 is 2.50 bits per heavy atom. The van der Waals surface area contributed by atoms with Gasteiger partial charge in [0.05, 0.1) is 18.1 Å². The van der Waals surface area contributed by atoms with Crippen LogP contribution in [0.4, 0.5) is 5.69 Å². The van der Waals surface area contributed by atoms with Crippen molar-refractivity contribution in [3.05, 3.63) is 59.2 Å². The van der Waals surface area contributed by atoms with Crippen molar-refractivity contribution in [3.63, 3.8) is 0 Å². The summed E-state index contributed by atoms with van der Waals surface area (Å²) >= 11 is 0. The fourth-order valence-corrected chi connectivity index (χ4v) is 2.91. The lowest BCUT2D eigenvalue weighted by molar-refractivity contribution is -0.116. The van der Waals surface area contributed by atoms with Gasteiger partial charge in [-0.1, -0.05) is 13.3 Å². The topological polar surface area (TPSA) is 81.7 Å². The maximum Gasteiger partial charge on any atom is 0.338 e. The average molecular weight is 381 g/mol. The van der Waals surface area contributed by atoms with E-state index >= 15 is 0 Å². The fourth-order valence-electron chi connectivity index (χ4n) is 2.91. The molecule has 0 aliphatic carbocycles. The van der Waals surface area contributed by atoms with Crippen LogP contribution < -0.4 is 10.1 Å². The third-order valence-corrected chi connectivity index (χ3v) is 4.68. The van der Waals surface area contributed by atoms with Gasteiger partial charge in [-0.05, 0) is 61.4 Å². The Morgan fingerprint density at radius 2 is 1.79 bits per heavy atom. The average Bonchev–Trinajstić information content (AvgIpc) is 3.00. The van der Waals surface area contributed by atoms with E-state index in [1.54, 1.807) is 49.4 Å². The molecule has 0 bridgehead atoms. The van der Waals surface area contributed by atoms with Gasteiger partial charge in [-0.25, -0.2) is 4.79 Å². The summed E-state index contributed by atoms with van der Waals surface area (Å²) in [6.07, 6.45) is 2.02. The van der Waals surface area contributed by atoms with Gasteiger partial charge in [-0.3, -0.25) is 9.59 Å². The normalized spacial score (nSPS) is 14.9. The lowest BCUT2D eigenvalue weighted by Gasteiger charge is -2.08. The van der Waals surface area contributed by atoms with Crippen molar-refractivity contribution in [2.75, 3.05) is 18.5 Å². The maximum atomic E-state index is 12.4. The minimum atomic E-state index is -0.570. The van der Waals surface area contributed by atoms with Crippen molar-refractivity contribution >= 4 is 23.3 Å². The molecule has 1 amide bonds. The number of unbranched alkanes of at least 4 members (excludes halogenated alkanes) is 1. The summed E-state index contributed by atoms with van der Waals surface area (Å²) in [4.78, 5) is 36.2. The Kier molecular flexibility index (Phi) is 6.09. The van der Waals surface area contributed by atoms with Crippen LogP contribution in [0.1, 0.15) is 58.9 Å². The molecule has 3 rings (SSSR count). The second-order valence-electron chi connectivity index (χ2n) is 6.74. The number of fused-ring (bicyclic) bond motifs is 1. The minimum Gasteiger partial charge on any atom is -0.494 e. The van der Waals surface area contributed by atoms with Crippen molar-refractivity contribution in [1.82, 2.24) is 0 Å². The van der Waals surface area contributed by atoms with E-state index in [0.717, 1.165) is 18.4 Å². The number of rotatable bonds is 8. The number of ether oxygens (including phenoxy) is 2. The highest BCUT2D eigenvalue weighted by Crippen LogP contribution is 2.32. The van der Waals surface area contributed by atoms with Crippen LogP contribution in [-0.4, -0.2) is 30.9 Å². The molecule has 6 nitrogen and oxygen atoms in total. The van der Waals surface area contributed by atoms with Gasteiger partial charge in [0, 0.05) is 11.3 Å². The third-order valence-electron chi connectivity index (χ3n) is 4.68. The molecule has 1 atom stereocenters. The van der Waals surface area contributed by atoms with Crippen LogP contribution in [0, 0.1) is 0 Å². The van der Waals surface area contributed by atoms with E-state index in [1.807, 2.05) is 0 Å². The number of ketones is 1. The molecule has 1 aliphatic heterocycles. The van der Waals surface area contributed by atoms with E-state index in [9.17, 15) is 14.4 Å². The summed E-state index contributed by atoms with van der Waals surface area (Å²) < 4.78 is 10.7. The summed E-state index contributed by atoms with van der Waals surface area (Å²) in [7, 11) is 0. The van der Waals surface area contributed by atoms with Gasteiger partial charge in [-0.15, -0.1) is 0 Å². The largest absolute Gasteiger partial charge is 0.494 e. The minimum absolute atomic E-state index is 0.0897. The number of hydrogen-bond acceptors (Lipinski definition) is 5. The van der Waals surface area contributed by atoms with E-state index < -0.39 is 5.97 Å². The standard InChI is InChI=1S/C22H23NO5/c1-3-4-11-27-17-8-5-15(6-9-17)22(26)28-13-20(24)16-7-10-19-18(12-16)14(2)21(25)23-19/h5-10,12,14H,3-4,11,13H2,1-2H3,(H,23,25)/t14-/m1/s1. The number of nitrogens with one attached hydrogen (secondary N) is 1. The zero-order valence-electron chi connectivity index (χ0n) is 16.0. The van der Waals surface area contributed by atoms with Crippen LogP contribution >= 0.6 is 0 Å². The molecule has 1 N–H and O–H groups in total. The summed E-state index contributed by atoms with van der Waals surface area (Å²) in [5, 5.41) is 2.76. The van der Waals surface area contributed by atoms with Gasteiger partial charge in [-0.2, -0.15) is 0 Å². The Morgan fingerprint density at radius 1 is 1.07 bits per heavy atom. The fraction of sp³-hybridized carbons (Fsp3) is 0.318. The molecule has 2 aromatic carbocycles. The first-order valence-corrected chi connectivity index (χ1v) is 9.37. The number of hydrogen-bond donors (Lipinski definition) is 1. The molecule has 1 heterocycles. The Bertz CT molecular complexity index is 888. The number of anilines is 1. The van der Waals surface area contributed by atoms with E-state index in [-0.39, 0.29) is 24.2 Å². The lowest BCUT2D eigenvalue weighted by Crippen LogP contribution is -2.14. The number of carbonyl (C=O) groups excluding carboxylic acids is 3. The number of benzene rings is 2. The smallest absolute Gasteiger partial charge is 0.338 e. The number of amides is 1. The van der Waals surface area contributed by atoms with Crippen LogP contribution in [0.2, 0.25) is 0 Å². The predicted molar refractivity (Wildman–Crippen MR) is 105 cm³/mol. The summed E-state index contributed by atoms with van der Waals surface area (Å²) in [5.74, 6) is -0.588. The second kappa shape index (κ2) is 8.69. The van der Waals surface area contributed by atoms with Crippen molar-refractivity contribution in [2.24, 2.45) is 0 Å². The molecule has 0 aromatic heterocycles. The number of carbonyl (C=O) groups is 3. The van der Waals surface area contributed by atoms with Crippen molar-refractivity contribution in [1.29, 1.82) is 0 Å². The van der Waals surface area contributed by atoms with E-state index in [0.29, 0.717) is 29.2 Å². The predicted octanol–water partition coefficient (Wildman–Crippen LogP) is 3.96. The van der Waals surface area contributed by atoms with Gasteiger partial charge in [0.2, 0.25) is 5.91 Å². The highest BCUT2D eigenvalue weighted by Gasteiger charge is 2.27. The Hall–Kier alpha value is -3.15. The van der Waals surface area contributed by atoms with Crippen LogP contribution in [-0.2, 0) is 9.53 Å². The van der Waals surface area contributed by atoms with E-state index in [4.69, 9.17) is 9.47 Å². The molecule has 2 aromatic rings. The summed E-state index contributed by atoms with van der Waals surface area (Å²) in [6.45, 7) is 4.14. The van der Waals surface area contributed by atoms with Gasteiger partial charge >= 0.3 is 5.97 Å². The van der Waals surface area contributed by atoms with Gasteiger partial charge in [0.1, 0.15) is 5.75 Å². The van der Waals surface area contributed by atoms with Gasteiger partial charge in [0.15, 0.2) is 12.4 Å². The van der Waals surface area contributed by atoms with Crippen LogP contribution in [0.5, 0.6) is 5.75 Å². The quantitative estimate of drug-likeness (QED) is 0.425. The molecule has 0 saturated carbocycles. The first-order chi connectivity index (χ1) is 13.5. The number of Topliss-reactive ketones (excluding diaryl/α,β-unsaturated/α-hetero) is 1. The molecule has 0 unspecified atom stereocenters. The van der Waals surface area contributed by atoms with Crippen molar-refractivity contribution in [3.8, 4) is 5.75 Å². The molecule has 0 radical (unpaired) electrons. The lowest BCUT2D eigenvalue weighted by atomic mass is 9.99. The molecular weight excluding hydrogens is 358 g/mol. The van der Waals surface area contributed by atoms with Crippen LogP contribution in [0.3, 0.4) is 0 Å². The molecular formula is C22H23NO5. The molecule has 1 aliphatic rings. The molecule has 0 spiro atoms. The SMILES string of the molecule is CCCCOc1ccc(C(=O)OCC(=O)c2ccc3c(c2)[C@@H](C)C(=O)N3)cc1. The van der Waals surface area contributed by atoms with Gasteiger partial charge in [0.25, 0.3) is 0 Å². The Labute approximate surface area is 163 Å². The van der Waals surface area contributed by atoms with E-state index in [1.165, 1.54) is 0 Å².